The van der Waals surface area contributed by atoms with Crippen molar-refractivity contribution in [3.63, 3.8) is 0 Å². The summed E-state index contributed by atoms with van der Waals surface area (Å²) in [4.78, 5) is 24.0. The van der Waals surface area contributed by atoms with Crippen LogP contribution in [-0.2, 0) is 16.1 Å². The molecule has 0 aliphatic heterocycles. The molecule has 0 aliphatic carbocycles. The Kier molecular flexibility index (Phi) is 7.02. The van der Waals surface area contributed by atoms with Gasteiger partial charge < -0.3 is 14.6 Å². The summed E-state index contributed by atoms with van der Waals surface area (Å²) in [5.41, 5.74) is 2.21. The van der Waals surface area contributed by atoms with E-state index in [4.69, 9.17) is 4.74 Å². The zero-order valence-corrected chi connectivity index (χ0v) is 17.1. The Labute approximate surface area is 173 Å². The summed E-state index contributed by atoms with van der Waals surface area (Å²) < 4.78 is 6.93. The van der Waals surface area contributed by atoms with Gasteiger partial charge in [-0.1, -0.05) is 42.1 Å². The van der Waals surface area contributed by atoms with Gasteiger partial charge >= 0.3 is 5.97 Å². The summed E-state index contributed by atoms with van der Waals surface area (Å²) >= 11 is 1.33. The second-order valence-electron chi connectivity index (χ2n) is 6.24. The van der Waals surface area contributed by atoms with Gasteiger partial charge in [0.05, 0.1) is 24.5 Å². The first kappa shape index (κ1) is 20.6. The number of esters is 1. The maximum absolute atomic E-state index is 12.3. The number of aryl methyl sites for hydroxylation is 1. The number of anilines is 1. The fraction of sp³-hybridized carbons (Fsp3) is 0.238. The molecule has 1 aromatic heterocycles. The highest BCUT2D eigenvalue weighted by Crippen LogP contribution is 2.19. The number of rotatable bonds is 8. The summed E-state index contributed by atoms with van der Waals surface area (Å²) in [5, 5.41) is 11.8. The van der Waals surface area contributed by atoms with Crippen molar-refractivity contribution in [1.29, 1.82) is 0 Å². The molecule has 0 atom stereocenters. The molecule has 8 heteroatoms. The fourth-order valence-corrected chi connectivity index (χ4v) is 3.43. The molecular formula is C21H22N4O3S. The van der Waals surface area contributed by atoms with E-state index in [0.29, 0.717) is 29.6 Å². The van der Waals surface area contributed by atoms with Crippen LogP contribution in [0.4, 0.5) is 5.69 Å². The van der Waals surface area contributed by atoms with E-state index in [2.05, 4.69) is 15.5 Å². The van der Waals surface area contributed by atoms with Crippen LogP contribution in [-0.4, -0.2) is 39.0 Å². The van der Waals surface area contributed by atoms with Crippen LogP contribution < -0.4 is 5.32 Å². The van der Waals surface area contributed by atoms with Crippen molar-refractivity contribution in [2.45, 2.75) is 25.5 Å². The number of thioether (sulfide) groups is 1. The molecule has 0 fully saturated rings. The SMILES string of the molecule is CCOC(=O)c1ccc(NC(=O)CSc2nnc(C)n2Cc2ccccc2)cc1. The monoisotopic (exact) mass is 410 g/mol. The van der Waals surface area contributed by atoms with E-state index < -0.39 is 0 Å². The molecule has 2 aromatic carbocycles. The molecule has 1 N–H and O–H groups in total. The largest absolute Gasteiger partial charge is 0.462 e. The Hall–Kier alpha value is -3.13. The number of carbonyl (C=O) groups is 2. The van der Waals surface area contributed by atoms with Crippen LogP contribution in [0.5, 0.6) is 0 Å². The predicted molar refractivity (Wildman–Crippen MR) is 112 cm³/mol. The van der Waals surface area contributed by atoms with Gasteiger partial charge in [0, 0.05) is 5.69 Å². The molecule has 0 saturated carbocycles. The van der Waals surface area contributed by atoms with Crippen molar-refractivity contribution in [3.05, 3.63) is 71.5 Å². The number of nitrogens with one attached hydrogen (secondary N) is 1. The highest BCUT2D eigenvalue weighted by atomic mass is 32.2. The zero-order valence-electron chi connectivity index (χ0n) is 16.3. The van der Waals surface area contributed by atoms with Crippen molar-refractivity contribution in [2.24, 2.45) is 0 Å². The number of ether oxygens (including phenoxy) is 1. The van der Waals surface area contributed by atoms with Gasteiger partial charge in [-0.2, -0.15) is 0 Å². The first-order valence-electron chi connectivity index (χ1n) is 9.20. The average molecular weight is 410 g/mol. The molecule has 0 bridgehead atoms. The summed E-state index contributed by atoms with van der Waals surface area (Å²) in [6, 6.07) is 16.6. The van der Waals surface area contributed by atoms with Crippen molar-refractivity contribution in [1.82, 2.24) is 14.8 Å². The van der Waals surface area contributed by atoms with E-state index >= 15 is 0 Å². The number of carbonyl (C=O) groups excluding carboxylic acids is 2. The van der Waals surface area contributed by atoms with Crippen LogP contribution in [0.3, 0.4) is 0 Å². The molecule has 3 rings (SSSR count). The minimum absolute atomic E-state index is 0.161. The highest BCUT2D eigenvalue weighted by molar-refractivity contribution is 7.99. The maximum Gasteiger partial charge on any atom is 0.338 e. The van der Waals surface area contributed by atoms with Crippen LogP contribution in [0.2, 0.25) is 0 Å². The van der Waals surface area contributed by atoms with E-state index in [9.17, 15) is 9.59 Å². The highest BCUT2D eigenvalue weighted by Gasteiger charge is 2.13. The van der Waals surface area contributed by atoms with Crippen LogP contribution >= 0.6 is 11.8 Å². The number of amides is 1. The summed E-state index contributed by atoms with van der Waals surface area (Å²) in [5.74, 6) is 0.457. The minimum Gasteiger partial charge on any atom is -0.462 e. The topological polar surface area (TPSA) is 86.1 Å². The van der Waals surface area contributed by atoms with Crippen LogP contribution in [0.15, 0.2) is 59.8 Å². The van der Waals surface area contributed by atoms with Gasteiger partial charge in [-0.15, -0.1) is 10.2 Å². The van der Waals surface area contributed by atoms with Crippen molar-refractivity contribution in [3.8, 4) is 0 Å². The molecule has 150 valence electrons. The second kappa shape index (κ2) is 9.88. The van der Waals surface area contributed by atoms with Gasteiger partial charge in [0.2, 0.25) is 5.91 Å². The molecule has 0 aliphatic rings. The van der Waals surface area contributed by atoms with E-state index in [0.717, 1.165) is 11.4 Å². The quantitative estimate of drug-likeness (QED) is 0.452. The third-order valence-corrected chi connectivity index (χ3v) is 5.06. The van der Waals surface area contributed by atoms with Crippen LogP contribution in [0.25, 0.3) is 0 Å². The lowest BCUT2D eigenvalue weighted by Gasteiger charge is -2.09. The van der Waals surface area contributed by atoms with E-state index in [1.807, 2.05) is 41.8 Å². The second-order valence-corrected chi connectivity index (χ2v) is 7.18. The summed E-state index contributed by atoms with van der Waals surface area (Å²) in [6.45, 7) is 4.62. The number of aromatic nitrogens is 3. The fourth-order valence-electron chi connectivity index (χ4n) is 2.65. The molecule has 0 unspecified atom stereocenters. The van der Waals surface area contributed by atoms with Crippen molar-refractivity contribution < 1.29 is 14.3 Å². The van der Waals surface area contributed by atoms with Crippen LogP contribution in [0.1, 0.15) is 28.7 Å². The number of benzene rings is 2. The van der Waals surface area contributed by atoms with Gasteiger partial charge in [-0.3, -0.25) is 4.79 Å². The third-order valence-electron chi connectivity index (χ3n) is 4.10. The molecule has 0 radical (unpaired) electrons. The Bertz CT molecular complexity index is 971. The molecule has 3 aromatic rings. The molecule has 1 amide bonds. The van der Waals surface area contributed by atoms with Gasteiger partial charge in [-0.05, 0) is 43.7 Å². The van der Waals surface area contributed by atoms with Crippen molar-refractivity contribution >= 4 is 29.3 Å². The average Bonchev–Trinajstić information content (AvgIpc) is 3.07. The molecule has 29 heavy (non-hydrogen) atoms. The minimum atomic E-state index is -0.381. The summed E-state index contributed by atoms with van der Waals surface area (Å²) in [7, 11) is 0. The Morgan fingerprint density at radius 1 is 1.07 bits per heavy atom. The van der Waals surface area contributed by atoms with E-state index in [1.54, 1.807) is 31.2 Å². The Morgan fingerprint density at radius 3 is 2.48 bits per heavy atom. The van der Waals surface area contributed by atoms with Gasteiger partial charge in [0.1, 0.15) is 5.82 Å². The molecule has 1 heterocycles. The first-order valence-corrected chi connectivity index (χ1v) is 10.2. The van der Waals surface area contributed by atoms with Gasteiger partial charge in [0.15, 0.2) is 5.16 Å². The van der Waals surface area contributed by atoms with Crippen molar-refractivity contribution in [2.75, 3.05) is 17.7 Å². The van der Waals surface area contributed by atoms with Gasteiger partial charge in [-0.25, -0.2) is 4.79 Å². The third kappa shape index (κ3) is 5.68. The lowest BCUT2D eigenvalue weighted by Crippen LogP contribution is -2.15. The van der Waals surface area contributed by atoms with Crippen LogP contribution in [0, 0.1) is 6.92 Å². The number of hydrogen-bond acceptors (Lipinski definition) is 6. The summed E-state index contributed by atoms with van der Waals surface area (Å²) in [6.07, 6.45) is 0. The van der Waals surface area contributed by atoms with E-state index in [-0.39, 0.29) is 17.6 Å². The van der Waals surface area contributed by atoms with Gasteiger partial charge in [0.25, 0.3) is 0 Å². The van der Waals surface area contributed by atoms with E-state index in [1.165, 1.54) is 11.8 Å². The normalized spacial score (nSPS) is 10.6. The standard InChI is InChI=1S/C21H22N4O3S/c1-3-28-20(27)17-9-11-18(12-10-17)22-19(26)14-29-21-24-23-15(2)25(21)13-16-7-5-4-6-8-16/h4-12H,3,13-14H2,1-2H3,(H,22,26). The maximum atomic E-state index is 12.3. The Morgan fingerprint density at radius 2 is 1.79 bits per heavy atom. The molecule has 7 nitrogen and oxygen atoms in total. The number of hydrogen-bond donors (Lipinski definition) is 1. The molecule has 0 saturated heterocycles. The molecular weight excluding hydrogens is 388 g/mol. The zero-order chi connectivity index (χ0) is 20.6. The first-order chi connectivity index (χ1) is 14.1. The lowest BCUT2D eigenvalue weighted by molar-refractivity contribution is -0.113. The predicted octanol–water partition coefficient (Wildman–Crippen LogP) is 3.54. The smallest absolute Gasteiger partial charge is 0.338 e. The Balaban J connectivity index is 1.57. The lowest BCUT2D eigenvalue weighted by atomic mass is 10.2. The molecule has 0 spiro atoms. The number of nitrogens with zero attached hydrogens (tertiary/aromatic N) is 3.